The largest absolute Gasteiger partial charge is 0.490 e. The van der Waals surface area contributed by atoms with E-state index in [1.165, 1.54) is 13.8 Å². The summed E-state index contributed by atoms with van der Waals surface area (Å²) in [4.78, 5) is 62.9. The molecule has 246 valence electrons. The van der Waals surface area contributed by atoms with Crippen molar-refractivity contribution in [3.8, 4) is 0 Å². The van der Waals surface area contributed by atoms with Crippen molar-refractivity contribution in [3.05, 3.63) is 71.8 Å². The summed E-state index contributed by atoms with van der Waals surface area (Å²) >= 11 is 0. The van der Waals surface area contributed by atoms with Gasteiger partial charge in [-0.2, -0.15) is 13.2 Å². The van der Waals surface area contributed by atoms with Crippen molar-refractivity contribution >= 4 is 35.6 Å². The minimum atomic E-state index is -5.08. The standard InChI is InChI=1S/C27H37N7O4.C2HF3O2/c1-17(31-19(3)35)24(36)33-22(15-10-16-30-27(28)29)26(38)32-18(2)25(37)34-23(20-11-6-4-7-12-20)21-13-8-5-9-14-21;3-2(4,5)1(6)7/h4-9,11-14,17-18,22-23H,10,15-16H2,1-3H3,(H,31,35)(H,32,38)(H,33,36)(H,34,37)(H4,28,29,30);(H,6,7)/t17-,18-,22-;/m0./s1. The van der Waals surface area contributed by atoms with Crippen LogP contribution in [0.5, 0.6) is 0 Å². The van der Waals surface area contributed by atoms with E-state index in [2.05, 4.69) is 26.3 Å². The number of nitrogens with one attached hydrogen (secondary N) is 4. The zero-order chi connectivity index (χ0) is 34.2. The van der Waals surface area contributed by atoms with E-state index < -0.39 is 54.0 Å². The number of hydrogen-bond acceptors (Lipinski definition) is 6. The van der Waals surface area contributed by atoms with Crippen LogP contribution in [0.3, 0.4) is 0 Å². The average molecular weight is 638 g/mol. The molecule has 0 unspecified atom stereocenters. The molecule has 0 aliphatic carbocycles. The first-order valence-electron chi connectivity index (χ1n) is 13.7. The zero-order valence-electron chi connectivity index (χ0n) is 24.9. The molecule has 4 amide bonds. The van der Waals surface area contributed by atoms with Gasteiger partial charge in [0.15, 0.2) is 5.96 Å². The highest BCUT2D eigenvalue weighted by molar-refractivity contribution is 5.94. The molecule has 0 radical (unpaired) electrons. The maximum atomic E-state index is 13.1. The smallest absolute Gasteiger partial charge is 0.475 e. The summed E-state index contributed by atoms with van der Waals surface area (Å²) < 4.78 is 31.7. The lowest BCUT2D eigenvalue weighted by Crippen LogP contribution is -2.55. The van der Waals surface area contributed by atoms with E-state index >= 15 is 0 Å². The summed E-state index contributed by atoms with van der Waals surface area (Å²) in [7, 11) is 0. The summed E-state index contributed by atoms with van der Waals surface area (Å²) in [6.07, 6.45) is -4.47. The van der Waals surface area contributed by atoms with Crippen molar-refractivity contribution in [2.24, 2.45) is 16.5 Å². The van der Waals surface area contributed by atoms with Gasteiger partial charge >= 0.3 is 12.1 Å². The first kappa shape index (κ1) is 37.9. The highest BCUT2D eigenvalue weighted by atomic mass is 19.4. The van der Waals surface area contributed by atoms with Crippen molar-refractivity contribution in [3.63, 3.8) is 0 Å². The molecule has 2 aromatic rings. The molecule has 0 saturated heterocycles. The number of carboxylic acid groups (broad SMARTS) is 1. The molecule has 0 aliphatic rings. The van der Waals surface area contributed by atoms with E-state index in [0.717, 1.165) is 11.1 Å². The fraction of sp³-hybridized carbons (Fsp3) is 0.379. The van der Waals surface area contributed by atoms with Gasteiger partial charge in [0.25, 0.3) is 0 Å². The Balaban J connectivity index is 0.00000129. The number of benzene rings is 2. The molecule has 2 aromatic carbocycles. The molecule has 45 heavy (non-hydrogen) atoms. The molecule has 16 heteroatoms. The van der Waals surface area contributed by atoms with Gasteiger partial charge in [0.1, 0.15) is 18.1 Å². The first-order chi connectivity index (χ1) is 21.0. The number of carbonyl (C=O) groups is 5. The molecule has 3 atom stereocenters. The normalized spacial score (nSPS) is 12.7. The Bertz CT molecular complexity index is 1270. The highest BCUT2D eigenvalue weighted by Gasteiger charge is 2.38. The van der Waals surface area contributed by atoms with Crippen LogP contribution in [0.25, 0.3) is 0 Å². The molecular weight excluding hydrogens is 599 g/mol. The number of amides is 4. The Kier molecular flexibility index (Phi) is 15.6. The number of alkyl halides is 3. The van der Waals surface area contributed by atoms with Crippen LogP contribution in [-0.2, 0) is 24.0 Å². The Morgan fingerprint density at radius 3 is 1.64 bits per heavy atom. The molecule has 0 aliphatic heterocycles. The van der Waals surface area contributed by atoms with Gasteiger partial charge in [0.05, 0.1) is 6.04 Å². The molecule has 0 aromatic heterocycles. The SMILES string of the molecule is CC(=O)N[C@@H](C)C(=O)N[C@@H](CCCN=C(N)N)C(=O)N[C@@H](C)C(=O)NC(c1ccccc1)c1ccccc1.O=C(O)C(F)(F)F. The summed E-state index contributed by atoms with van der Waals surface area (Å²) in [5, 5.41) is 17.9. The number of hydrogen-bond donors (Lipinski definition) is 7. The third-order valence-electron chi connectivity index (χ3n) is 5.94. The van der Waals surface area contributed by atoms with E-state index in [0.29, 0.717) is 6.42 Å². The van der Waals surface area contributed by atoms with Crippen molar-refractivity contribution in [1.82, 2.24) is 21.3 Å². The lowest BCUT2D eigenvalue weighted by atomic mass is 9.98. The second-order valence-corrected chi connectivity index (χ2v) is 9.73. The van der Waals surface area contributed by atoms with Crippen molar-refractivity contribution in [2.75, 3.05) is 6.54 Å². The Morgan fingerprint density at radius 2 is 1.22 bits per heavy atom. The number of nitrogens with two attached hydrogens (primary N) is 2. The fourth-order valence-electron chi connectivity index (χ4n) is 3.74. The molecule has 9 N–H and O–H groups in total. The number of carbonyl (C=O) groups excluding carboxylic acids is 4. The molecule has 0 spiro atoms. The van der Waals surface area contributed by atoms with Gasteiger partial charge in [0, 0.05) is 13.5 Å². The number of nitrogens with zero attached hydrogens (tertiary/aromatic N) is 1. The summed E-state index contributed by atoms with van der Waals surface area (Å²) in [6.45, 7) is 4.63. The van der Waals surface area contributed by atoms with E-state index in [9.17, 15) is 32.3 Å². The average Bonchev–Trinajstić information content (AvgIpc) is 2.97. The number of halogens is 3. The van der Waals surface area contributed by atoms with Gasteiger partial charge in [-0.1, -0.05) is 60.7 Å². The van der Waals surface area contributed by atoms with Crippen LogP contribution in [0.1, 0.15) is 50.8 Å². The molecule has 2 rings (SSSR count). The Labute approximate surface area is 258 Å². The highest BCUT2D eigenvalue weighted by Crippen LogP contribution is 2.22. The Morgan fingerprint density at radius 1 is 0.778 bits per heavy atom. The zero-order valence-corrected chi connectivity index (χ0v) is 24.9. The first-order valence-corrected chi connectivity index (χ1v) is 13.7. The van der Waals surface area contributed by atoms with Gasteiger partial charge in [-0.15, -0.1) is 0 Å². The third kappa shape index (κ3) is 14.7. The minimum Gasteiger partial charge on any atom is -0.475 e. The van der Waals surface area contributed by atoms with Gasteiger partial charge < -0.3 is 37.8 Å². The molecule has 0 heterocycles. The number of aliphatic imine (C=N–C) groups is 1. The lowest BCUT2D eigenvalue weighted by molar-refractivity contribution is -0.192. The van der Waals surface area contributed by atoms with E-state index in [-0.39, 0.29) is 24.8 Å². The minimum absolute atomic E-state index is 0.0778. The topological polar surface area (TPSA) is 218 Å². The van der Waals surface area contributed by atoms with Crippen LogP contribution in [-0.4, -0.2) is 71.5 Å². The number of aliphatic carboxylic acids is 1. The maximum absolute atomic E-state index is 13.1. The number of guanidine groups is 1. The summed E-state index contributed by atoms with van der Waals surface area (Å²) in [5.41, 5.74) is 12.5. The Hall–Kier alpha value is -5.15. The quantitative estimate of drug-likeness (QED) is 0.0956. The van der Waals surface area contributed by atoms with E-state index in [4.69, 9.17) is 21.4 Å². The van der Waals surface area contributed by atoms with Gasteiger partial charge in [0.2, 0.25) is 23.6 Å². The summed E-state index contributed by atoms with van der Waals surface area (Å²) in [5.74, 6) is -4.69. The van der Waals surface area contributed by atoms with Crippen molar-refractivity contribution in [1.29, 1.82) is 0 Å². The third-order valence-corrected chi connectivity index (χ3v) is 5.94. The summed E-state index contributed by atoms with van der Waals surface area (Å²) in [6, 6.07) is 15.9. The second-order valence-electron chi connectivity index (χ2n) is 9.73. The molecule has 0 fully saturated rings. The second kappa shape index (κ2) is 18.5. The van der Waals surface area contributed by atoms with E-state index in [1.807, 2.05) is 60.7 Å². The predicted molar refractivity (Wildman–Crippen MR) is 159 cm³/mol. The predicted octanol–water partition coefficient (Wildman–Crippen LogP) is 1.09. The molecular formula is C29H38F3N7O6. The lowest BCUT2D eigenvalue weighted by Gasteiger charge is -2.25. The monoisotopic (exact) mass is 637 g/mol. The molecule has 13 nitrogen and oxygen atoms in total. The van der Waals surface area contributed by atoms with Crippen LogP contribution < -0.4 is 32.7 Å². The van der Waals surface area contributed by atoms with Crippen LogP contribution in [0.15, 0.2) is 65.7 Å². The van der Waals surface area contributed by atoms with Crippen molar-refractivity contribution < 1.29 is 42.3 Å². The van der Waals surface area contributed by atoms with Crippen LogP contribution >= 0.6 is 0 Å². The number of carboxylic acids is 1. The van der Waals surface area contributed by atoms with Crippen LogP contribution in [0.2, 0.25) is 0 Å². The maximum Gasteiger partial charge on any atom is 0.490 e. The van der Waals surface area contributed by atoms with Gasteiger partial charge in [-0.25, -0.2) is 4.79 Å². The van der Waals surface area contributed by atoms with Crippen LogP contribution in [0, 0.1) is 0 Å². The molecule has 0 bridgehead atoms. The van der Waals surface area contributed by atoms with E-state index in [1.54, 1.807) is 6.92 Å². The fourth-order valence-corrected chi connectivity index (χ4v) is 3.74. The van der Waals surface area contributed by atoms with Crippen LogP contribution in [0.4, 0.5) is 13.2 Å². The molecule has 0 saturated carbocycles. The van der Waals surface area contributed by atoms with Gasteiger partial charge in [-0.05, 0) is 37.8 Å². The number of rotatable bonds is 13. The van der Waals surface area contributed by atoms with Gasteiger partial charge in [-0.3, -0.25) is 24.2 Å². The van der Waals surface area contributed by atoms with Crippen molar-refractivity contribution in [2.45, 2.75) is 64.0 Å².